The lowest BCUT2D eigenvalue weighted by molar-refractivity contribution is -0.136. The molecule has 0 saturated heterocycles. The lowest BCUT2D eigenvalue weighted by atomic mass is 9.90. The van der Waals surface area contributed by atoms with Gasteiger partial charge in [0.2, 0.25) is 11.8 Å². The van der Waals surface area contributed by atoms with Crippen molar-refractivity contribution in [2.45, 2.75) is 42.2 Å². The van der Waals surface area contributed by atoms with E-state index in [1.807, 2.05) is 60.7 Å². The third-order valence-electron chi connectivity index (χ3n) is 6.46. The van der Waals surface area contributed by atoms with E-state index in [2.05, 4.69) is 28.4 Å². The average Bonchev–Trinajstić information content (AvgIpc) is 3.04. The first-order chi connectivity index (χ1) is 21.2. The van der Waals surface area contributed by atoms with Gasteiger partial charge in [-0.05, 0) is 61.6 Å². The van der Waals surface area contributed by atoms with E-state index in [1.54, 1.807) is 6.92 Å². The predicted octanol–water partition coefficient (Wildman–Crippen LogP) is 2.88. The van der Waals surface area contributed by atoms with Crippen molar-refractivity contribution in [1.82, 2.24) is 10.6 Å². The molecule has 234 valence electrons. The van der Waals surface area contributed by atoms with Gasteiger partial charge in [-0.3, -0.25) is 14.4 Å². The van der Waals surface area contributed by atoms with Gasteiger partial charge < -0.3 is 25.7 Å². The van der Waals surface area contributed by atoms with E-state index in [4.69, 9.17) is 9.94 Å². The summed E-state index contributed by atoms with van der Waals surface area (Å²) in [7, 11) is -4.14. The molecule has 0 radical (unpaired) electrons. The number of benzene rings is 3. The molecule has 12 heteroatoms. The summed E-state index contributed by atoms with van der Waals surface area (Å²) < 4.78 is 31.3. The van der Waals surface area contributed by atoms with Crippen LogP contribution in [0.4, 0.5) is 0 Å². The van der Waals surface area contributed by atoms with Crippen LogP contribution in [-0.4, -0.2) is 61.5 Å². The maximum Gasteiger partial charge on any atom is 0.322 e. The first-order valence-corrected chi connectivity index (χ1v) is 15.3. The van der Waals surface area contributed by atoms with Gasteiger partial charge in [0.05, 0.1) is 17.4 Å². The first kappa shape index (κ1) is 35.5. The van der Waals surface area contributed by atoms with Gasteiger partial charge in [0, 0.05) is 6.54 Å². The summed E-state index contributed by atoms with van der Waals surface area (Å²) in [4.78, 5) is 37.1. The summed E-state index contributed by atoms with van der Waals surface area (Å²) in [6.45, 7) is 1.80. The zero-order chi connectivity index (χ0) is 32.4. The number of carbonyl (C=O) groups excluding carboxylic acids is 2. The molecule has 0 aliphatic carbocycles. The minimum atomic E-state index is -4.14. The van der Waals surface area contributed by atoms with Crippen LogP contribution in [0.5, 0.6) is 5.75 Å². The molecule has 3 rings (SSSR count). The van der Waals surface area contributed by atoms with E-state index in [0.29, 0.717) is 12.2 Å². The first-order valence-electron chi connectivity index (χ1n) is 13.7. The fourth-order valence-corrected chi connectivity index (χ4v) is 5.88. The van der Waals surface area contributed by atoms with Crippen molar-refractivity contribution in [1.29, 1.82) is 0 Å². The van der Waals surface area contributed by atoms with Crippen molar-refractivity contribution in [2.24, 2.45) is 5.90 Å². The summed E-state index contributed by atoms with van der Waals surface area (Å²) in [6.07, 6.45) is 0.495. The highest BCUT2D eigenvalue weighted by Gasteiger charge is 2.33. The molecule has 0 fully saturated rings. The van der Waals surface area contributed by atoms with Crippen LogP contribution >= 0.6 is 0 Å². The Morgan fingerprint density at radius 3 is 1.95 bits per heavy atom. The standard InChI is InChI=1S/C32H34N2O7S.H3NO/c1-2-3-22-41-26-17-19-27(20-18-26)42(39,40)28(32(37)38)16-10-11-21-33-29(35)23-34-31(36)30(24-12-6-4-7-13-24)25-14-8-5-9-15-25;1-2/h4-9,12-15,17-20,28,30H,10-11,16,21-23H2,1H3,(H,33,35)(H,34,36)(H,37,38);2H,1H2. The number of rotatable bonds is 15. The Morgan fingerprint density at radius 2 is 1.43 bits per heavy atom. The van der Waals surface area contributed by atoms with Crippen LogP contribution in [0, 0.1) is 11.8 Å². The van der Waals surface area contributed by atoms with Gasteiger partial charge in [-0.1, -0.05) is 66.6 Å². The number of carboxylic acids is 1. The lowest BCUT2D eigenvalue weighted by Crippen LogP contribution is -2.39. The van der Waals surface area contributed by atoms with Crippen molar-refractivity contribution in [3.63, 3.8) is 0 Å². The highest BCUT2D eigenvalue weighted by Crippen LogP contribution is 2.25. The SMILES string of the molecule is CC#CCOc1ccc(S(=O)(=O)C(CCCCNC(=O)CNC(=O)C(c2ccccc2)c2ccccc2)C(=O)O)cc1.NO. The van der Waals surface area contributed by atoms with Crippen LogP contribution in [0.2, 0.25) is 0 Å². The Morgan fingerprint density at radius 1 is 0.864 bits per heavy atom. The van der Waals surface area contributed by atoms with Crippen LogP contribution in [0.1, 0.15) is 43.2 Å². The molecule has 0 saturated carbocycles. The predicted molar refractivity (Wildman–Crippen MR) is 165 cm³/mol. The molecule has 0 aliphatic heterocycles. The van der Waals surface area contributed by atoms with Crippen molar-refractivity contribution < 1.29 is 37.9 Å². The number of carboxylic acid groups (broad SMARTS) is 1. The molecule has 0 heterocycles. The molecule has 0 spiro atoms. The van der Waals surface area contributed by atoms with Gasteiger partial charge in [-0.25, -0.2) is 14.3 Å². The van der Waals surface area contributed by atoms with Gasteiger partial charge >= 0.3 is 5.97 Å². The fraction of sp³-hybridized carbons (Fsp3) is 0.281. The van der Waals surface area contributed by atoms with E-state index >= 15 is 0 Å². The van der Waals surface area contributed by atoms with E-state index in [0.717, 1.165) is 11.1 Å². The molecule has 6 N–H and O–H groups in total. The Bertz CT molecular complexity index is 1460. The van der Waals surface area contributed by atoms with Crippen LogP contribution in [0.15, 0.2) is 89.8 Å². The van der Waals surface area contributed by atoms with Gasteiger partial charge in [0.1, 0.15) is 12.4 Å². The molecule has 0 aromatic heterocycles. The number of hydrogen-bond donors (Lipinski definition) is 5. The lowest BCUT2D eigenvalue weighted by Gasteiger charge is -2.18. The quantitative estimate of drug-likeness (QED) is 0.0964. The molecule has 2 amide bonds. The molecule has 44 heavy (non-hydrogen) atoms. The van der Waals surface area contributed by atoms with E-state index in [-0.39, 0.29) is 43.3 Å². The number of unbranched alkanes of at least 4 members (excludes halogenated alkanes) is 1. The number of carbonyl (C=O) groups is 3. The van der Waals surface area contributed by atoms with Crippen molar-refractivity contribution in [3.05, 3.63) is 96.1 Å². The second kappa shape index (κ2) is 18.8. The van der Waals surface area contributed by atoms with Crippen molar-refractivity contribution in [3.8, 4) is 17.6 Å². The van der Waals surface area contributed by atoms with E-state index in [9.17, 15) is 27.9 Å². The average molecular weight is 624 g/mol. The molecule has 0 aliphatic rings. The molecule has 1 unspecified atom stereocenters. The zero-order valence-corrected chi connectivity index (χ0v) is 25.1. The number of aliphatic carboxylic acids is 1. The third-order valence-corrected chi connectivity index (χ3v) is 8.57. The third kappa shape index (κ3) is 10.9. The summed E-state index contributed by atoms with van der Waals surface area (Å²) in [5.74, 6) is 6.61. The number of ether oxygens (including phenoxy) is 1. The topological polar surface area (TPSA) is 185 Å². The van der Waals surface area contributed by atoms with Crippen LogP contribution in [-0.2, 0) is 24.2 Å². The van der Waals surface area contributed by atoms with Crippen LogP contribution < -0.4 is 21.3 Å². The van der Waals surface area contributed by atoms with Gasteiger partial charge in [0.25, 0.3) is 0 Å². The van der Waals surface area contributed by atoms with Gasteiger partial charge in [-0.15, -0.1) is 5.92 Å². The number of amides is 2. The number of hydrogen-bond acceptors (Lipinski definition) is 8. The largest absolute Gasteiger partial charge is 0.481 e. The second-order valence-electron chi connectivity index (χ2n) is 9.38. The molecule has 11 nitrogen and oxygen atoms in total. The molecule has 0 bridgehead atoms. The van der Waals surface area contributed by atoms with Crippen molar-refractivity contribution in [2.75, 3.05) is 19.7 Å². The second-order valence-corrected chi connectivity index (χ2v) is 11.5. The molecule has 3 aromatic carbocycles. The number of sulfone groups is 1. The molecule has 3 aromatic rings. The number of nitrogens with one attached hydrogen (secondary N) is 2. The Kier molecular flexibility index (Phi) is 15.1. The van der Waals surface area contributed by atoms with E-state index in [1.165, 1.54) is 24.3 Å². The summed E-state index contributed by atoms with van der Waals surface area (Å²) in [5, 5.41) is 19.9. The summed E-state index contributed by atoms with van der Waals surface area (Å²) in [6, 6.07) is 24.1. The number of nitrogens with two attached hydrogens (primary N) is 1. The highest BCUT2D eigenvalue weighted by atomic mass is 32.2. The normalized spacial score (nSPS) is 11.2. The minimum absolute atomic E-state index is 0.114. The van der Waals surface area contributed by atoms with Gasteiger partial charge in [0.15, 0.2) is 15.1 Å². The Balaban J connectivity index is 0.00000330. The van der Waals surface area contributed by atoms with Crippen LogP contribution in [0.3, 0.4) is 0 Å². The van der Waals surface area contributed by atoms with Gasteiger partial charge in [-0.2, -0.15) is 0 Å². The Hall–Kier alpha value is -4.70. The molecular weight excluding hydrogens is 586 g/mol. The monoisotopic (exact) mass is 623 g/mol. The highest BCUT2D eigenvalue weighted by molar-refractivity contribution is 7.92. The Labute approximate surface area is 257 Å². The summed E-state index contributed by atoms with van der Waals surface area (Å²) in [5.41, 5.74) is 1.60. The minimum Gasteiger partial charge on any atom is -0.481 e. The van der Waals surface area contributed by atoms with Crippen molar-refractivity contribution >= 4 is 27.6 Å². The zero-order valence-electron chi connectivity index (χ0n) is 24.3. The van der Waals surface area contributed by atoms with Crippen LogP contribution in [0.25, 0.3) is 0 Å². The summed E-state index contributed by atoms with van der Waals surface area (Å²) >= 11 is 0. The molecular formula is C32H37N3O8S. The maximum absolute atomic E-state index is 13.0. The van der Waals surface area contributed by atoms with E-state index < -0.39 is 32.9 Å². The fourth-order valence-electron chi connectivity index (χ4n) is 4.29. The maximum atomic E-state index is 13.0. The smallest absolute Gasteiger partial charge is 0.322 e. The molecule has 1 atom stereocenters.